The maximum atomic E-state index is 3.45. The van der Waals surface area contributed by atoms with Crippen molar-refractivity contribution in [3.8, 4) is 0 Å². The predicted molar refractivity (Wildman–Crippen MR) is 74.8 cm³/mol. The number of anilines is 1. The van der Waals surface area contributed by atoms with Gasteiger partial charge in [-0.15, -0.1) is 0 Å². The molecule has 0 amide bonds. The van der Waals surface area contributed by atoms with Crippen molar-refractivity contribution in [3.05, 3.63) is 29.3 Å². The number of rotatable bonds is 5. The average molecular weight is 232 g/mol. The Labute approximate surface area is 105 Å². The van der Waals surface area contributed by atoms with Gasteiger partial charge in [-0.25, -0.2) is 0 Å². The number of hydrogen-bond acceptors (Lipinski definition) is 2. The summed E-state index contributed by atoms with van der Waals surface area (Å²) in [5.74, 6) is 0.896. The van der Waals surface area contributed by atoms with E-state index in [0.717, 1.165) is 12.5 Å². The fourth-order valence-corrected chi connectivity index (χ4v) is 2.60. The molecule has 0 aliphatic heterocycles. The minimum absolute atomic E-state index is 0.640. The third-order valence-electron chi connectivity index (χ3n) is 3.80. The normalized spacial score (nSPS) is 16.9. The molecule has 2 rings (SSSR count). The first-order chi connectivity index (χ1) is 8.11. The molecule has 0 saturated heterocycles. The smallest absolute Gasteiger partial charge is 0.0394 e. The van der Waals surface area contributed by atoms with Crippen LogP contribution in [0.25, 0.3) is 0 Å². The molecule has 0 aromatic heterocycles. The Morgan fingerprint density at radius 3 is 2.59 bits per heavy atom. The summed E-state index contributed by atoms with van der Waals surface area (Å²) < 4.78 is 0. The Bertz CT molecular complexity index is 383. The van der Waals surface area contributed by atoms with Crippen LogP contribution in [0.4, 0.5) is 5.69 Å². The molecule has 0 radical (unpaired) electrons. The van der Waals surface area contributed by atoms with Crippen LogP contribution in [-0.2, 0) is 0 Å². The molecule has 1 saturated carbocycles. The molecule has 1 aromatic carbocycles. The Morgan fingerprint density at radius 2 is 2.06 bits per heavy atom. The number of benzene rings is 1. The lowest BCUT2D eigenvalue weighted by Crippen LogP contribution is -2.39. The number of likely N-dealkylation sites (N-methyl/N-ethyl adjacent to an activating group) is 2. The summed E-state index contributed by atoms with van der Waals surface area (Å²) >= 11 is 0. The van der Waals surface area contributed by atoms with Crippen LogP contribution in [0.2, 0.25) is 0 Å². The molecule has 17 heavy (non-hydrogen) atoms. The van der Waals surface area contributed by atoms with Gasteiger partial charge < -0.3 is 10.2 Å². The van der Waals surface area contributed by atoms with Crippen LogP contribution in [0.3, 0.4) is 0 Å². The van der Waals surface area contributed by atoms with Crippen molar-refractivity contribution in [1.82, 2.24) is 5.32 Å². The quantitative estimate of drug-likeness (QED) is 0.840. The van der Waals surface area contributed by atoms with Crippen molar-refractivity contribution in [2.75, 3.05) is 25.5 Å². The standard InChI is InChI=1S/C15H24N2/c1-11-5-8-15(12(2)9-11)17(4)10-14(16-3)13-6-7-13/h5,8-9,13-14,16H,6-7,10H2,1-4H3. The van der Waals surface area contributed by atoms with Gasteiger partial charge in [0.25, 0.3) is 0 Å². The first-order valence-corrected chi connectivity index (χ1v) is 6.57. The SMILES string of the molecule is CNC(CN(C)c1ccc(C)cc1C)C1CC1. The maximum Gasteiger partial charge on any atom is 0.0394 e. The topological polar surface area (TPSA) is 15.3 Å². The summed E-state index contributed by atoms with van der Waals surface area (Å²) in [6, 6.07) is 7.34. The van der Waals surface area contributed by atoms with E-state index in [1.54, 1.807) is 0 Å². The monoisotopic (exact) mass is 232 g/mol. The second-order valence-electron chi connectivity index (χ2n) is 5.40. The van der Waals surface area contributed by atoms with Gasteiger partial charge in [0, 0.05) is 25.3 Å². The van der Waals surface area contributed by atoms with Crippen molar-refractivity contribution in [2.24, 2.45) is 5.92 Å². The lowest BCUT2D eigenvalue weighted by atomic mass is 10.1. The summed E-state index contributed by atoms with van der Waals surface area (Å²) in [6.45, 7) is 5.45. The molecule has 0 spiro atoms. The van der Waals surface area contributed by atoms with Crippen molar-refractivity contribution in [1.29, 1.82) is 0 Å². The van der Waals surface area contributed by atoms with Crippen LogP contribution in [-0.4, -0.2) is 26.7 Å². The van der Waals surface area contributed by atoms with E-state index in [0.29, 0.717) is 6.04 Å². The first kappa shape index (κ1) is 12.4. The Hall–Kier alpha value is -1.02. The molecule has 1 fully saturated rings. The molecule has 2 heteroatoms. The van der Waals surface area contributed by atoms with Gasteiger partial charge in [0.2, 0.25) is 0 Å². The fraction of sp³-hybridized carbons (Fsp3) is 0.600. The zero-order valence-corrected chi connectivity index (χ0v) is 11.5. The molecule has 94 valence electrons. The van der Waals surface area contributed by atoms with Crippen LogP contribution in [0, 0.1) is 19.8 Å². The van der Waals surface area contributed by atoms with Crippen LogP contribution in [0.5, 0.6) is 0 Å². The van der Waals surface area contributed by atoms with E-state index in [2.05, 4.69) is 56.4 Å². The van der Waals surface area contributed by atoms with Crippen LogP contribution >= 0.6 is 0 Å². The van der Waals surface area contributed by atoms with Gasteiger partial charge in [0.1, 0.15) is 0 Å². The van der Waals surface area contributed by atoms with E-state index in [1.165, 1.54) is 29.7 Å². The highest BCUT2D eigenvalue weighted by atomic mass is 15.1. The van der Waals surface area contributed by atoms with E-state index in [4.69, 9.17) is 0 Å². The highest BCUT2D eigenvalue weighted by Gasteiger charge is 2.30. The number of nitrogens with one attached hydrogen (secondary N) is 1. The van der Waals surface area contributed by atoms with Gasteiger partial charge in [0.05, 0.1) is 0 Å². The molecule has 0 bridgehead atoms. The molecule has 1 N–H and O–H groups in total. The first-order valence-electron chi connectivity index (χ1n) is 6.57. The van der Waals surface area contributed by atoms with Crippen LogP contribution in [0.1, 0.15) is 24.0 Å². The largest absolute Gasteiger partial charge is 0.373 e. The molecule has 1 aliphatic carbocycles. The summed E-state index contributed by atoms with van der Waals surface area (Å²) in [6.07, 6.45) is 2.79. The van der Waals surface area contributed by atoms with Gasteiger partial charge >= 0.3 is 0 Å². The second kappa shape index (κ2) is 5.09. The molecule has 1 atom stereocenters. The Balaban J connectivity index is 2.05. The van der Waals surface area contributed by atoms with Crippen molar-refractivity contribution < 1.29 is 0 Å². The van der Waals surface area contributed by atoms with Crippen LogP contribution in [0.15, 0.2) is 18.2 Å². The summed E-state index contributed by atoms with van der Waals surface area (Å²) in [7, 11) is 4.28. The molecule has 1 aromatic rings. The van der Waals surface area contributed by atoms with E-state index in [9.17, 15) is 0 Å². The summed E-state index contributed by atoms with van der Waals surface area (Å²) in [5.41, 5.74) is 4.07. The van der Waals surface area contributed by atoms with Gasteiger partial charge in [-0.05, 0) is 51.3 Å². The minimum atomic E-state index is 0.640. The zero-order valence-electron chi connectivity index (χ0n) is 11.5. The van der Waals surface area contributed by atoms with Crippen molar-refractivity contribution in [2.45, 2.75) is 32.7 Å². The van der Waals surface area contributed by atoms with E-state index >= 15 is 0 Å². The number of nitrogens with zero attached hydrogens (tertiary/aromatic N) is 1. The summed E-state index contributed by atoms with van der Waals surface area (Å²) in [5, 5.41) is 3.45. The third kappa shape index (κ3) is 3.01. The second-order valence-corrected chi connectivity index (χ2v) is 5.40. The lowest BCUT2D eigenvalue weighted by Gasteiger charge is -2.27. The minimum Gasteiger partial charge on any atom is -0.373 e. The number of hydrogen-bond donors (Lipinski definition) is 1. The van der Waals surface area contributed by atoms with Crippen molar-refractivity contribution >= 4 is 5.69 Å². The average Bonchev–Trinajstić information content (AvgIpc) is 3.09. The molecule has 1 unspecified atom stereocenters. The highest BCUT2D eigenvalue weighted by molar-refractivity contribution is 5.53. The van der Waals surface area contributed by atoms with E-state index < -0.39 is 0 Å². The molecule has 2 nitrogen and oxygen atoms in total. The molecular weight excluding hydrogens is 208 g/mol. The zero-order chi connectivity index (χ0) is 12.4. The number of aryl methyl sites for hydroxylation is 2. The third-order valence-corrected chi connectivity index (χ3v) is 3.80. The molecular formula is C15H24N2. The maximum absolute atomic E-state index is 3.45. The lowest BCUT2D eigenvalue weighted by molar-refractivity contribution is 0.503. The van der Waals surface area contributed by atoms with Crippen LogP contribution < -0.4 is 10.2 Å². The van der Waals surface area contributed by atoms with Gasteiger partial charge in [0.15, 0.2) is 0 Å². The van der Waals surface area contributed by atoms with Crippen molar-refractivity contribution in [3.63, 3.8) is 0 Å². The fourth-order valence-electron chi connectivity index (χ4n) is 2.60. The van der Waals surface area contributed by atoms with Gasteiger partial charge in [-0.2, -0.15) is 0 Å². The summed E-state index contributed by atoms with van der Waals surface area (Å²) in [4.78, 5) is 2.38. The Morgan fingerprint density at radius 1 is 1.35 bits per heavy atom. The van der Waals surface area contributed by atoms with E-state index in [1.807, 2.05) is 0 Å². The molecule has 1 aliphatic rings. The van der Waals surface area contributed by atoms with Gasteiger partial charge in [-0.1, -0.05) is 17.7 Å². The predicted octanol–water partition coefficient (Wildman–Crippen LogP) is 2.74. The van der Waals surface area contributed by atoms with E-state index in [-0.39, 0.29) is 0 Å². The Kier molecular flexibility index (Phi) is 3.72. The van der Waals surface area contributed by atoms with Gasteiger partial charge in [-0.3, -0.25) is 0 Å². The molecule has 0 heterocycles. The highest BCUT2D eigenvalue weighted by Crippen LogP contribution is 2.33.